The molecule has 0 aromatic carbocycles. The van der Waals surface area contributed by atoms with Crippen LogP contribution in [0.25, 0.3) is 0 Å². The van der Waals surface area contributed by atoms with E-state index in [0.29, 0.717) is 18.7 Å². The molecule has 0 aromatic heterocycles. The number of hydrogen-bond acceptors (Lipinski definition) is 4. The summed E-state index contributed by atoms with van der Waals surface area (Å²) in [5.74, 6) is 0. The number of morpholine rings is 1. The first-order valence-electron chi connectivity index (χ1n) is 6.97. The summed E-state index contributed by atoms with van der Waals surface area (Å²) in [5, 5.41) is 0. The zero-order valence-corrected chi connectivity index (χ0v) is 10.9. The molecule has 0 radical (unpaired) electrons. The lowest BCUT2D eigenvalue weighted by molar-refractivity contribution is -0.0545. The van der Waals surface area contributed by atoms with E-state index in [-0.39, 0.29) is 6.10 Å². The van der Waals surface area contributed by atoms with Crippen LogP contribution in [0.1, 0.15) is 32.6 Å². The molecule has 0 saturated carbocycles. The molecule has 2 aliphatic rings. The number of nitrogens with two attached hydrogens (primary N) is 1. The molecule has 0 spiro atoms. The zero-order valence-electron chi connectivity index (χ0n) is 10.9. The monoisotopic (exact) mass is 242 g/mol. The Hall–Kier alpha value is -0.160. The van der Waals surface area contributed by atoms with Crippen LogP contribution < -0.4 is 5.73 Å². The van der Waals surface area contributed by atoms with Crippen molar-refractivity contribution in [3.05, 3.63) is 0 Å². The number of ether oxygens (including phenoxy) is 2. The Morgan fingerprint density at radius 1 is 1.29 bits per heavy atom. The lowest BCUT2D eigenvalue weighted by Gasteiger charge is -2.37. The van der Waals surface area contributed by atoms with E-state index in [4.69, 9.17) is 15.2 Å². The highest BCUT2D eigenvalue weighted by Gasteiger charge is 2.25. The van der Waals surface area contributed by atoms with Crippen molar-refractivity contribution in [1.29, 1.82) is 0 Å². The topological polar surface area (TPSA) is 47.7 Å². The molecule has 2 saturated heterocycles. The van der Waals surface area contributed by atoms with Crippen molar-refractivity contribution in [2.24, 2.45) is 5.73 Å². The molecule has 0 aromatic rings. The fraction of sp³-hybridized carbons (Fsp3) is 1.00. The molecule has 3 atom stereocenters. The third kappa shape index (κ3) is 3.91. The molecule has 2 fully saturated rings. The summed E-state index contributed by atoms with van der Waals surface area (Å²) in [7, 11) is 0. The van der Waals surface area contributed by atoms with E-state index in [0.717, 1.165) is 26.3 Å². The molecule has 0 aliphatic carbocycles. The fourth-order valence-electron chi connectivity index (χ4n) is 2.72. The zero-order chi connectivity index (χ0) is 12.1. The fourth-order valence-corrected chi connectivity index (χ4v) is 2.72. The SMILES string of the molecule is CC1COC(CN)CN1CCCC1CCCO1. The molecule has 2 rings (SSSR count). The second-order valence-corrected chi connectivity index (χ2v) is 5.31. The normalized spacial score (nSPS) is 35.3. The third-order valence-corrected chi connectivity index (χ3v) is 3.89. The van der Waals surface area contributed by atoms with Crippen molar-refractivity contribution in [3.63, 3.8) is 0 Å². The van der Waals surface area contributed by atoms with Gasteiger partial charge in [-0.3, -0.25) is 4.90 Å². The van der Waals surface area contributed by atoms with E-state index in [2.05, 4.69) is 11.8 Å². The van der Waals surface area contributed by atoms with Gasteiger partial charge >= 0.3 is 0 Å². The van der Waals surface area contributed by atoms with Crippen LogP contribution in [0.4, 0.5) is 0 Å². The van der Waals surface area contributed by atoms with Gasteiger partial charge in [-0.1, -0.05) is 0 Å². The Labute approximate surface area is 104 Å². The van der Waals surface area contributed by atoms with E-state index in [1.165, 1.54) is 25.7 Å². The molecule has 2 aliphatic heterocycles. The molecule has 2 N–H and O–H groups in total. The Morgan fingerprint density at radius 3 is 2.88 bits per heavy atom. The van der Waals surface area contributed by atoms with Crippen LogP contribution in [0.15, 0.2) is 0 Å². The number of rotatable bonds is 5. The van der Waals surface area contributed by atoms with Gasteiger partial charge in [0.05, 0.1) is 18.8 Å². The van der Waals surface area contributed by atoms with E-state index in [9.17, 15) is 0 Å². The van der Waals surface area contributed by atoms with Crippen LogP contribution in [0.5, 0.6) is 0 Å². The summed E-state index contributed by atoms with van der Waals surface area (Å²) in [6.45, 7) is 6.80. The molecule has 4 nitrogen and oxygen atoms in total. The maximum Gasteiger partial charge on any atom is 0.0824 e. The van der Waals surface area contributed by atoms with Gasteiger partial charge in [-0.25, -0.2) is 0 Å². The van der Waals surface area contributed by atoms with E-state index < -0.39 is 0 Å². The molecule has 3 unspecified atom stereocenters. The molecule has 4 heteroatoms. The Balaban J connectivity index is 1.65. The van der Waals surface area contributed by atoms with Crippen LogP contribution in [0, 0.1) is 0 Å². The molecular formula is C13H26N2O2. The predicted molar refractivity (Wildman–Crippen MR) is 68.0 cm³/mol. The highest BCUT2D eigenvalue weighted by atomic mass is 16.5. The first-order valence-corrected chi connectivity index (χ1v) is 6.97. The van der Waals surface area contributed by atoms with E-state index in [1.54, 1.807) is 0 Å². The predicted octanol–water partition coefficient (Wildman–Crippen LogP) is 0.994. The Bertz CT molecular complexity index is 219. The first-order chi connectivity index (χ1) is 8.29. The molecule has 2 heterocycles. The smallest absolute Gasteiger partial charge is 0.0824 e. The van der Waals surface area contributed by atoms with Crippen molar-refractivity contribution in [1.82, 2.24) is 4.90 Å². The van der Waals surface area contributed by atoms with Crippen LogP contribution in [-0.4, -0.2) is 56.0 Å². The number of nitrogens with zero attached hydrogens (tertiary/aromatic N) is 1. The van der Waals surface area contributed by atoms with Crippen molar-refractivity contribution in [3.8, 4) is 0 Å². The third-order valence-electron chi connectivity index (χ3n) is 3.89. The van der Waals surface area contributed by atoms with Crippen molar-refractivity contribution in [2.75, 3.05) is 32.8 Å². The van der Waals surface area contributed by atoms with Crippen molar-refractivity contribution in [2.45, 2.75) is 50.9 Å². The second-order valence-electron chi connectivity index (χ2n) is 5.31. The van der Waals surface area contributed by atoms with Gasteiger partial charge in [0.2, 0.25) is 0 Å². The van der Waals surface area contributed by atoms with Gasteiger partial charge in [0.25, 0.3) is 0 Å². The molecule has 100 valence electrons. The van der Waals surface area contributed by atoms with Gasteiger partial charge in [-0.05, 0) is 39.2 Å². The lowest BCUT2D eigenvalue weighted by atomic mass is 10.1. The minimum absolute atomic E-state index is 0.230. The molecular weight excluding hydrogens is 216 g/mol. The largest absolute Gasteiger partial charge is 0.378 e. The summed E-state index contributed by atoms with van der Waals surface area (Å²) in [4.78, 5) is 2.51. The lowest BCUT2D eigenvalue weighted by Crippen LogP contribution is -2.50. The van der Waals surface area contributed by atoms with Crippen LogP contribution in [0.3, 0.4) is 0 Å². The summed E-state index contributed by atoms with van der Waals surface area (Å²) in [6.07, 6.45) is 5.69. The summed E-state index contributed by atoms with van der Waals surface area (Å²) >= 11 is 0. The van der Waals surface area contributed by atoms with Crippen LogP contribution >= 0.6 is 0 Å². The second kappa shape index (κ2) is 6.69. The highest BCUT2D eigenvalue weighted by molar-refractivity contribution is 4.78. The average Bonchev–Trinajstić information content (AvgIpc) is 2.84. The minimum atomic E-state index is 0.230. The van der Waals surface area contributed by atoms with Crippen molar-refractivity contribution < 1.29 is 9.47 Å². The van der Waals surface area contributed by atoms with Gasteiger partial charge < -0.3 is 15.2 Å². The summed E-state index contributed by atoms with van der Waals surface area (Å²) in [5.41, 5.74) is 5.67. The minimum Gasteiger partial charge on any atom is -0.378 e. The highest BCUT2D eigenvalue weighted by Crippen LogP contribution is 2.18. The maximum absolute atomic E-state index is 5.67. The van der Waals surface area contributed by atoms with Crippen LogP contribution in [0.2, 0.25) is 0 Å². The molecule has 17 heavy (non-hydrogen) atoms. The standard InChI is InChI=1S/C13H26N2O2/c1-11-10-17-13(8-14)9-15(11)6-2-4-12-5-3-7-16-12/h11-13H,2-10,14H2,1H3. The Kier molecular flexibility index (Phi) is 5.22. The van der Waals surface area contributed by atoms with Gasteiger partial charge in [-0.2, -0.15) is 0 Å². The van der Waals surface area contributed by atoms with E-state index in [1.807, 2.05) is 0 Å². The summed E-state index contributed by atoms with van der Waals surface area (Å²) in [6, 6.07) is 0.530. The van der Waals surface area contributed by atoms with Crippen LogP contribution in [-0.2, 0) is 9.47 Å². The molecule has 0 bridgehead atoms. The Morgan fingerprint density at radius 2 is 2.18 bits per heavy atom. The van der Waals surface area contributed by atoms with Crippen molar-refractivity contribution >= 4 is 0 Å². The van der Waals surface area contributed by atoms with Gasteiger partial charge in [-0.15, -0.1) is 0 Å². The maximum atomic E-state index is 5.67. The first kappa shape index (κ1) is 13.3. The van der Waals surface area contributed by atoms with Gasteiger partial charge in [0, 0.05) is 25.7 Å². The van der Waals surface area contributed by atoms with E-state index >= 15 is 0 Å². The summed E-state index contributed by atoms with van der Waals surface area (Å²) < 4.78 is 11.3. The molecule has 0 amide bonds. The average molecular weight is 242 g/mol. The number of hydrogen-bond donors (Lipinski definition) is 1. The quantitative estimate of drug-likeness (QED) is 0.781. The van der Waals surface area contributed by atoms with Gasteiger partial charge in [0.15, 0.2) is 0 Å². The van der Waals surface area contributed by atoms with Gasteiger partial charge in [0.1, 0.15) is 0 Å².